The normalized spacial score (nSPS) is 15.1. The van der Waals surface area contributed by atoms with Gasteiger partial charge in [0.1, 0.15) is 18.1 Å². The van der Waals surface area contributed by atoms with Gasteiger partial charge in [-0.1, -0.05) is 52.3 Å². The maximum absolute atomic E-state index is 13.5. The molecule has 0 fully saturated rings. The quantitative estimate of drug-likeness (QED) is 0.169. The van der Waals surface area contributed by atoms with E-state index in [4.69, 9.17) is 11.5 Å². The van der Waals surface area contributed by atoms with Crippen molar-refractivity contribution in [2.24, 2.45) is 23.3 Å². The number of H-pyrrole nitrogens is 1. The number of amides is 4. The van der Waals surface area contributed by atoms with Gasteiger partial charge in [0.25, 0.3) is 0 Å². The lowest BCUT2D eigenvalue weighted by Crippen LogP contribution is -2.59. The van der Waals surface area contributed by atoms with Crippen LogP contribution in [-0.2, 0) is 30.4 Å². The van der Waals surface area contributed by atoms with Crippen LogP contribution in [0, 0.1) is 11.8 Å². The van der Waals surface area contributed by atoms with Gasteiger partial charge in [-0.2, -0.15) is 0 Å². The molecule has 4 amide bonds. The fourth-order valence-electron chi connectivity index (χ4n) is 4.15. The molecule has 0 spiro atoms. The van der Waals surface area contributed by atoms with Crippen molar-refractivity contribution in [1.82, 2.24) is 20.9 Å². The molecular formula is C27H40N6O6. The molecule has 0 radical (unpaired) electrons. The number of carbonyl (C=O) groups is 5. The van der Waals surface area contributed by atoms with Gasteiger partial charge in [-0.3, -0.25) is 19.2 Å². The Morgan fingerprint density at radius 1 is 0.949 bits per heavy atom. The summed E-state index contributed by atoms with van der Waals surface area (Å²) < 4.78 is 0. The van der Waals surface area contributed by atoms with E-state index in [1.54, 1.807) is 27.0 Å². The number of hydrogen-bond donors (Lipinski definition) is 7. The number of aromatic amines is 1. The number of aliphatic carboxylic acids is 1. The minimum Gasteiger partial charge on any atom is -0.480 e. The number of aromatic nitrogens is 1. The molecule has 12 heteroatoms. The lowest BCUT2D eigenvalue weighted by molar-refractivity contribution is -0.144. The first-order chi connectivity index (χ1) is 18.3. The van der Waals surface area contributed by atoms with Crippen LogP contribution in [0.2, 0.25) is 0 Å². The van der Waals surface area contributed by atoms with Crippen molar-refractivity contribution < 1.29 is 29.1 Å². The Morgan fingerprint density at radius 3 is 2.18 bits per heavy atom. The first kappa shape index (κ1) is 31.3. The van der Waals surface area contributed by atoms with Crippen LogP contribution >= 0.6 is 0 Å². The smallest absolute Gasteiger partial charge is 0.326 e. The molecule has 5 unspecified atom stereocenters. The zero-order valence-electron chi connectivity index (χ0n) is 22.8. The van der Waals surface area contributed by atoms with Crippen LogP contribution in [0.15, 0.2) is 30.5 Å². The highest BCUT2D eigenvalue weighted by atomic mass is 16.4. The molecule has 5 atom stereocenters. The molecule has 1 aromatic heterocycles. The molecule has 2 aromatic rings. The van der Waals surface area contributed by atoms with Crippen LogP contribution < -0.4 is 27.4 Å². The molecule has 214 valence electrons. The highest BCUT2D eigenvalue weighted by molar-refractivity contribution is 5.95. The number of hydrogen-bond acceptors (Lipinski definition) is 6. The van der Waals surface area contributed by atoms with Crippen LogP contribution in [0.4, 0.5) is 0 Å². The van der Waals surface area contributed by atoms with E-state index in [-0.39, 0.29) is 31.1 Å². The number of nitrogens with two attached hydrogens (primary N) is 2. The van der Waals surface area contributed by atoms with E-state index in [9.17, 15) is 29.1 Å². The predicted octanol–water partition coefficient (Wildman–Crippen LogP) is 0.544. The monoisotopic (exact) mass is 544 g/mol. The van der Waals surface area contributed by atoms with E-state index in [1.165, 1.54) is 0 Å². The van der Waals surface area contributed by atoms with E-state index in [0.717, 1.165) is 16.5 Å². The SMILES string of the molecule is CCC(C)C(NC(=O)C(NC(=O)C(Cc1c[nH]c2ccccc12)NC(=O)C(N)CCC(N)=O)C(C)C)C(=O)O. The topological polar surface area (TPSA) is 210 Å². The standard InChI is InChI=1S/C27H40N6O6/c1-5-15(4)23(27(38)39)33-26(37)22(14(2)3)32-25(36)20(31-24(35)18(28)10-11-21(29)34)12-16-13-30-19-9-7-6-8-17(16)19/h6-9,13-15,18,20,22-23,30H,5,10-12,28H2,1-4H3,(H2,29,34)(H,31,35)(H,32,36)(H,33,37)(H,38,39). The molecule has 1 aromatic carbocycles. The zero-order valence-corrected chi connectivity index (χ0v) is 22.8. The van der Waals surface area contributed by atoms with Gasteiger partial charge in [0.15, 0.2) is 0 Å². The molecule has 0 aliphatic rings. The van der Waals surface area contributed by atoms with Crippen LogP contribution in [0.3, 0.4) is 0 Å². The number of nitrogens with one attached hydrogen (secondary N) is 4. The van der Waals surface area contributed by atoms with E-state index in [2.05, 4.69) is 20.9 Å². The molecular weight excluding hydrogens is 504 g/mol. The number of benzene rings is 1. The Morgan fingerprint density at radius 2 is 1.59 bits per heavy atom. The van der Waals surface area contributed by atoms with Gasteiger partial charge in [0.2, 0.25) is 23.6 Å². The third kappa shape index (κ3) is 8.81. The number of carboxylic acid groups (broad SMARTS) is 1. The second kappa shape index (κ2) is 14.3. The van der Waals surface area contributed by atoms with E-state index in [1.807, 2.05) is 31.2 Å². The fraction of sp³-hybridized carbons (Fsp3) is 0.519. The minimum atomic E-state index is -1.17. The van der Waals surface area contributed by atoms with Gasteiger partial charge in [0, 0.05) is 29.9 Å². The summed E-state index contributed by atoms with van der Waals surface area (Å²) >= 11 is 0. The Labute approximate surface area is 227 Å². The summed E-state index contributed by atoms with van der Waals surface area (Å²) in [5, 5.41) is 18.3. The van der Waals surface area contributed by atoms with Gasteiger partial charge in [-0.25, -0.2) is 4.79 Å². The van der Waals surface area contributed by atoms with Gasteiger partial charge >= 0.3 is 5.97 Å². The molecule has 0 saturated carbocycles. The molecule has 1 heterocycles. The number of carboxylic acids is 1. The largest absolute Gasteiger partial charge is 0.480 e. The summed E-state index contributed by atoms with van der Waals surface area (Å²) in [6, 6.07) is 3.09. The van der Waals surface area contributed by atoms with Gasteiger partial charge in [-0.15, -0.1) is 0 Å². The van der Waals surface area contributed by atoms with Crippen LogP contribution in [0.1, 0.15) is 52.5 Å². The van der Waals surface area contributed by atoms with Gasteiger partial charge in [0.05, 0.1) is 6.04 Å². The summed E-state index contributed by atoms with van der Waals surface area (Å²) in [5.74, 6) is -4.41. The van der Waals surface area contributed by atoms with Gasteiger partial charge in [-0.05, 0) is 29.9 Å². The first-order valence-corrected chi connectivity index (χ1v) is 13.1. The minimum absolute atomic E-state index is 0.00576. The van der Waals surface area contributed by atoms with E-state index >= 15 is 0 Å². The van der Waals surface area contributed by atoms with Crippen molar-refractivity contribution >= 4 is 40.5 Å². The Hall–Kier alpha value is -3.93. The average Bonchev–Trinajstić information content (AvgIpc) is 3.29. The highest BCUT2D eigenvalue weighted by Gasteiger charge is 2.33. The Kier molecular flexibility index (Phi) is 11.5. The van der Waals surface area contributed by atoms with E-state index < -0.39 is 53.8 Å². The summed E-state index contributed by atoms with van der Waals surface area (Å²) in [5.41, 5.74) is 12.7. The summed E-state index contributed by atoms with van der Waals surface area (Å²) in [7, 11) is 0. The molecule has 0 aliphatic carbocycles. The lowest BCUT2D eigenvalue weighted by Gasteiger charge is -2.28. The number of fused-ring (bicyclic) bond motifs is 1. The fourth-order valence-corrected chi connectivity index (χ4v) is 4.15. The molecule has 0 aliphatic heterocycles. The molecule has 9 N–H and O–H groups in total. The van der Waals surface area contributed by atoms with Crippen molar-refractivity contribution in [3.63, 3.8) is 0 Å². The Balaban J connectivity index is 2.29. The number of rotatable bonds is 15. The second-order valence-corrected chi connectivity index (χ2v) is 10.2. The maximum atomic E-state index is 13.5. The Bertz CT molecular complexity index is 1180. The predicted molar refractivity (Wildman–Crippen MR) is 146 cm³/mol. The zero-order chi connectivity index (χ0) is 29.3. The molecule has 0 bridgehead atoms. The lowest BCUT2D eigenvalue weighted by atomic mass is 9.97. The van der Waals surface area contributed by atoms with Crippen LogP contribution in [-0.4, -0.2) is 63.9 Å². The second-order valence-electron chi connectivity index (χ2n) is 10.2. The number of primary amides is 1. The molecule has 12 nitrogen and oxygen atoms in total. The molecule has 0 saturated heterocycles. The van der Waals surface area contributed by atoms with E-state index in [0.29, 0.717) is 6.42 Å². The van der Waals surface area contributed by atoms with Crippen molar-refractivity contribution in [1.29, 1.82) is 0 Å². The van der Waals surface area contributed by atoms with Crippen molar-refractivity contribution in [2.75, 3.05) is 0 Å². The summed E-state index contributed by atoms with van der Waals surface area (Å²) in [6.07, 6.45) is 2.27. The summed E-state index contributed by atoms with van der Waals surface area (Å²) in [4.78, 5) is 65.4. The average molecular weight is 545 g/mol. The van der Waals surface area contributed by atoms with Crippen molar-refractivity contribution in [2.45, 2.75) is 77.5 Å². The maximum Gasteiger partial charge on any atom is 0.326 e. The van der Waals surface area contributed by atoms with Gasteiger partial charge < -0.3 is 37.5 Å². The third-order valence-corrected chi connectivity index (χ3v) is 6.79. The third-order valence-electron chi connectivity index (χ3n) is 6.79. The molecule has 39 heavy (non-hydrogen) atoms. The highest BCUT2D eigenvalue weighted by Crippen LogP contribution is 2.19. The van der Waals surface area contributed by atoms with Crippen LogP contribution in [0.5, 0.6) is 0 Å². The summed E-state index contributed by atoms with van der Waals surface area (Å²) in [6.45, 7) is 6.98. The van der Waals surface area contributed by atoms with Crippen molar-refractivity contribution in [3.8, 4) is 0 Å². The van der Waals surface area contributed by atoms with Crippen LogP contribution in [0.25, 0.3) is 10.9 Å². The van der Waals surface area contributed by atoms with Crippen molar-refractivity contribution in [3.05, 3.63) is 36.0 Å². The molecule has 2 rings (SSSR count). The first-order valence-electron chi connectivity index (χ1n) is 13.1. The number of carbonyl (C=O) groups excluding carboxylic acids is 4. The number of para-hydroxylation sites is 1.